The molecule has 4 rings (SSSR count). The number of aliphatic imine (C=N–C) groups is 1. The Hall–Kier alpha value is -3.60. The summed E-state index contributed by atoms with van der Waals surface area (Å²) in [6.07, 6.45) is 3.66. The molecule has 0 atom stereocenters. The second-order valence-electron chi connectivity index (χ2n) is 10.0. The largest absolute Gasteiger partial charge is 0.382 e. The second-order valence-corrected chi connectivity index (χ2v) is 10.4. The number of nitrogens with zero attached hydrogens (tertiary/aromatic N) is 5. The monoisotopic (exact) mass is 526 g/mol. The molecule has 2 aromatic rings. The zero-order chi connectivity index (χ0) is 26.7. The highest BCUT2D eigenvalue weighted by Gasteiger charge is 2.40. The van der Waals surface area contributed by atoms with Crippen LogP contribution in [0.3, 0.4) is 0 Å². The van der Waals surface area contributed by atoms with Crippen LogP contribution in [-0.2, 0) is 11.2 Å². The normalized spacial score (nSPS) is 16.5. The van der Waals surface area contributed by atoms with Crippen molar-refractivity contribution in [2.75, 3.05) is 25.4 Å². The molecule has 0 radical (unpaired) electrons. The maximum Gasteiger partial charge on any atom is 0.280 e. The number of Topliss-reactive ketones (excluding diaryl/α,β-unsaturated/α-hetero) is 1. The molecule has 0 aliphatic carbocycles. The van der Waals surface area contributed by atoms with Crippen molar-refractivity contribution in [2.24, 2.45) is 10.9 Å². The van der Waals surface area contributed by atoms with E-state index in [2.05, 4.69) is 30.6 Å². The molecule has 0 unspecified atom stereocenters. The third-order valence-corrected chi connectivity index (χ3v) is 6.86. The number of aromatic nitrogens is 3. The highest BCUT2D eigenvalue weighted by molar-refractivity contribution is 6.30. The van der Waals surface area contributed by atoms with Gasteiger partial charge in [-0.1, -0.05) is 25.4 Å². The second kappa shape index (κ2) is 10.8. The summed E-state index contributed by atoms with van der Waals surface area (Å²) in [5.41, 5.74) is 7.02. The molecule has 0 aromatic carbocycles. The SMILES string of the molecule is Cc1nc(N)c(C(=O)NC2=NCC3(CCN(C(=O)c4ccc(CC(=O)CC(C)C)nc4)CC3)N2)nc1Cl. The van der Waals surface area contributed by atoms with E-state index in [9.17, 15) is 14.4 Å². The number of ketones is 1. The molecule has 1 fully saturated rings. The predicted octanol–water partition coefficient (Wildman–Crippen LogP) is 1.94. The summed E-state index contributed by atoms with van der Waals surface area (Å²) in [4.78, 5) is 56.3. The number of rotatable bonds is 6. The van der Waals surface area contributed by atoms with Crippen molar-refractivity contribution in [3.8, 4) is 0 Å². The van der Waals surface area contributed by atoms with Crippen LogP contribution >= 0.6 is 11.6 Å². The van der Waals surface area contributed by atoms with Gasteiger partial charge in [0.1, 0.15) is 5.78 Å². The number of hydrogen-bond donors (Lipinski definition) is 3. The van der Waals surface area contributed by atoms with E-state index in [-0.39, 0.29) is 40.3 Å². The van der Waals surface area contributed by atoms with Crippen molar-refractivity contribution in [1.29, 1.82) is 0 Å². The molecule has 2 amide bonds. The molecule has 12 heteroatoms. The van der Waals surface area contributed by atoms with Gasteiger partial charge in [-0.15, -0.1) is 0 Å². The molecule has 37 heavy (non-hydrogen) atoms. The van der Waals surface area contributed by atoms with Gasteiger partial charge in [0.05, 0.1) is 23.3 Å². The topological polar surface area (TPSA) is 156 Å². The fourth-order valence-electron chi connectivity index (χ4n) is 4.47. The van der Waals surface area contributed by atoms with E-state index in [4.69, 9.17) is 17.3 Å². The first kappa shape index (κ1) is 26.5. The van der Waals surface area contributed by atoms with E-state index >= 15 is 0 Å². The lowest BCUT2D eigenvalue weighted by molar-refractivity contribution is -0.119. The molecule has 2 aromatic heterocycles. The third kappa shape index (κ3) is 6.22. The van der Waals surface area contributed by atoms with Crippen molar-refractivity contribution >= 4 is 41.0 Å². The van der Waals surface area contributed by atoms with Crippen LogP contribution in [0.15, 0.2) is 23.3 Å². The van der Waals surface area contributed by atoms with E-state index in [1.54, 1.807) is 30.2 Å². The fourth-order valence-corrected chi connectivity index (χ4v) is 4.60. The number of amides is 2. The molecule has 2 aliphatic heterocycles. The van der Waals surface area contributed by atoms with Crippen LogP contribution in [0.4, 0.5) is 5.82 Å². The lowest BCUT2D eigenvalue weighted by Gasteiger charge is -2.39. The van der Waals surface area contributed by atoms with Crippen molar-refractivity contribution < 1.29 is 14.4 Å². The first-order valence-electron chi connectivity index (χ1n) is 12.2. The summed E-state index contributed by atoms with van der Waals surface area (Å²) in [7, 11) is 0. The minimum absolute atomic E-state index is 0.00999. The Morgan fingerprint density at radius 1 is 1.22 bits per heavy atom. The average molecular weight is 527 g/mol. The van der Waals surface area contributed by atoms with Gasteiger partial charge in [-0.2, -0.15) is 0 Å². The number of piperidine rings is 1. The van der Waals surface area contributed by atoms with E-state index in [1.807, 2.05) is 13.8 Å². The van der Waals surface area contributed by atoms with E-state index in [0.29, 0.717) is 67.7 Å². The zero-order valence-corrected chi connectivity index (χ0v) is 21.9. The number of nitrogens with one attached hydrogen (secondary N) is 2. The molecule has 2 aliphatic rings. The number of likely N-dealkylation sites (tertiary alicyclic amines) is 1. The molecule has 196 valence electrons. The predicted molar refractivity (Wildman–Crippen MR) is 139 cm³/mol. The van der Waals surface area contributed by atoms with E-state index in [1.165, 1.54) is 0 Å². The van der Waals surface area contributed by atoms with Crippen molar-refractivity contribution in [2.45, 2.75) is 52.0 Å². The number of guanidine groups is 1. The van der Waals surface area contributed by atoms with E-state index < -0.39 is 5.91 Å². The van der Waals surface area contributed by atoms with Crippen LogP contribution in [0, 0.1) is 12.8 Å². The lowest BCUT2D eigenvalue weighted by Crippen LogP contribution is -2.57. The number of hydrogen-bond acceptors (Lipinski definition) is 9. The number of pyridine rings is 1. The Kier molecular flexibility index (Phi) is 7.72. The number of nitrogen functional groups attached to an aromatic ring is 1. The molecule has 1 saturated heterocycles. The number of carbonyl (C=O) groups excluding carboxylic acids is 3. The number of aryl methyl sites for hydroxylation is 1. The Morgan fingerprint density at radius 2 is 1.95 bits per heavy atom. The number of nitrogens with two attached hydrogens (primary N) is 1. The van der Waals surface area contributed by atoms with Gasteiger partial charge in [0.25, 0.3) is 11.8 Å². The summed E-state index contributed by atoms with van der Waals surface area (Å²) < 4.78 is 0. The maximum absolute atomic E-state index is 13.0. The lowest BCUT2D eigenvalue weighted by atomic mass is 9.88. The van der Waals surface area contributed by atoms with Crippen molar-refractivity contribution in [1.82, 2.24) is 30.5 Å². The van der Waals surface area contributed by atoms with Gasteiger partial charge in [-0.25, -0.2) is 9.97 Å². The van der Waals surface area contributed by atoms with Crippen LogP contribution in [0.1, 0.15) is 65.3 Å². The minimum Gasteiger partial charge on any atom is -0.382 e. The Morgan fingerprint density at radius 3 is 2.59 bits per heavy atom. The molecule has 11 nitrogen and oxygen atoms in total. The Bertz CT molecular complexity index is 1240. The summed E-state index contributed by atoms with van der Waals surface area (Å²) in [5, 5.41) is 6.10. The summed E-state index contributed by atoms with van der Waals surface area (Å²) in [6.45, 7) is 7.20. The van der Waals surface area contributed by atoms with Gasteiger partial charge < -0.3 is 16.0 Å². The van der Waals surface area contributed by atoms with Crippen molar-refractivity contribution in [3.63, 3.8) is 0 Å². The Balaban J connectivity index is 1.29. The zero-order valence-electron chi connectivity index (χ0n) is 21.2. The van der Waals surface area contributed by atoms with Gasteiger partial charge in [-0.05, 0) is 37.8 Å². The van der Waals surface area contributed by atoms with Gasteiger partial charge in [0.2, 0.25) is 0 Å². The first-order valence-corrected chi connectivity index (χ1v) is 12.6. The molecular weight excluding hydrogens is 496 g/mol. The van der Waals surface area contributed by atoms with Gasteiger partial charge in [0.15, 0.2) is 22.6 Å². The van der Waals surface area contributed by atoms with E-state index in [0.717, 1.165) is 0 Å². The van der Waals surface area contributed by atoms with Gasteiger partial charge in [0, 0.05) is 37.8 Å². The standard InChI is InChI=1S/C25H31ClN8O3/c1-14(2)10-18(35)11-17-5-4-16(12-28-17)23(37)34-8-6-25(7-9-34)13-29-24(33-25)32-22(36)19-21(27)30-15(3)20(26)31-19/h4-5,12,14H,6-11,13H2,1-3H3,(H2,27,30)(H2,29,32,33,36). The smallest absolute Gasteiger partial charge is 0.280 e. The first-order chi connectivity index (χ1) is 17.5. The van der Waals surface area contributed by atoms with Crippen LogP contribution in [0.2, 0.25) is 5.15 Å². The number of halogens is 1. The summed E-state index contributed by atoms with van der Waals surface area (Å²) in [5.74, 6) is 0.121. The number of carbonyl (C=O) groups is 3. The summed E-state index contributed by atoms with van der Waals surface area (Å²) in [6, 6.07) is 3.48. The highest BCUT2D eigenvalue weighted by Crippen LogP contribution is 2.27. The molecular formula is C25H31ClN8O3. The third-order valence-electron chi connectivity index (χ3n) is 6.50. The van der Waals surface area contributed by atoms with Crippen LogP contribution < -0.4 is 16.4 Å². The summed E-state index contributed by atoms with van der Waals surface area (Å²) >= 11 is 5.99. The van der Waals surface area contributed by atoms with Crippen LogP contribution in [-0.4, -0.2) is 68.6 Å². The number of anilines is 1. The van der Waals surface area contributed by atoms with Crippen molar-refractivity contribution in [3.05, 3.63) is 46.1 Å². The average Bonchev–Trinajstić information content (AvgIpc) is 3.23. The maximum atomic E-state index is 13.0. The molecule has 0 bridgehead atoms. The van der Waals surface area contributed by atoms with Crippen LogP contribution in [0.5, 0.6) is 0 Å². The fraction of sp³-hybridized carbons (Fsp3) is 0.480. The van der Waals surface area contributed by atoms with Gasteiger partial charge in [-0.3, -0.25) is 29.7 Å². The highest BCUT2D eigenvalue weighted by atomic mass is 35.5. The Labute approximate surface area is 220 Å². The minimum atomic E-state index is -0.551. The molecule has 1 spiro atoms. The molecule has 0 saturated carbocycles. The molecule has 4 N–H and O–H groups in total. The van der Waals surface area contributed by atoms with Crippen LogP contribution in [0.25, 0.3) is 0 Å². The van der Waals surface area contributed by atoms with Gasteiger partial charge >= 0.3 is 0 Å². The molecule has 4 heterocycles. The quantitative estimate of drug-likeness (QED) is 0.515.